The molecule has 0 aromatic heterocycles. The Kier molecular flexibility index (Phi) is 7.32. The first-order valence-electron chi connectivity index (χ1n) is 10.00. The van der Waals surface area contributed by atoms with Crippen LogP contribution in [-0.4, -0.2) is 59.6 Å². The SMILES string of the molecule is CC(C)(C)OC(=O)N[C@@H]1C(=O)N2C(C(=O)OCc3ccccc3)=C(OS(=O)(=O)C(F)(F)F)CS[C@H]12. The molecule has 1 fully saturated rings. The molecule has 192 valence electrons. The van der Waals surface area contributed by atoms with E-state index >= 15 is 0 Å². The van der Waals surface area contributed by atoms with Crippen molar-refractivity contribution in [1.82, 2.24) is 10.2 Å². The summed E-state index contributed by atoms with van der Waals surface area (Å²) in [5.74, 6) is -3.59. The number of fused-ring (bicyclic) bond motifs is 1. The summed E-state index contributed by atoms with van der Waals surface area (Å²) in [6, 6.07) is 7.08. The monoisotopic (exact) mass is 538 g/mol. The van der Waals surface area contributed by atoms with E-state index in [4.69, 9.17) is 9.47 Å². The Morgan fingerprint density at radius 1 is 1.17 bits per heavy atom. The van der Waals surface area contributed by atoms with Crippen LogP contribution in [-0.2, 0) is 40.0 Å². The summed E-state index contributed by atoms with van der Waals surface area (Å²) >= 11 is 0.792. The molecule has 1 aromatic carbocycles. The molecule has 0 saturated carbocycles. The fraction of sp³-hybridized carbons (Fsp3) is 0.450. The van der Waals surface area contributed by atoms with Gasteiger partial charge in [0.1, 0.15) is 23.6 Å². The number of alkyl halides is 3. The third-order valence-corrected chi connectivity index (χ3v) is 6.75. The molecule has 2 aliphatic rings. The molecule has 15 heteroatoms. The van der Waals surface area contributed by atoms with E-state index in [1.54, 1.807) is 51.1 Å². The lowest BCUT2D eigenvalue weighted by atomic mass is 10.1. The van der Waals surface area contributed by atoms with Gasteiger partial charge in [0.25, 0.3) is 5.91 Å². The molecule has 2 atom stereocenters. The van der Waals surface area contributed by atoms with Crippen molar-refractivity contribution in [1.29, 1.82) is 0 Å². The maximum Gasteiger partial charge on any atom is 0.534 e. The number of hydrogen-bond donors (Lipinski definition) is 1. The van der Waals surface area contributed by atoms with Gasteiger partial charge in [0.15, 0.2) is 11.5 Å². The number of β-lactam (4-membered cyclic amide) rings is 1. The van der Waals surface area contributed by atoms with Crippen LogP contribution in [0.3, 0.4) is 0 Å². The molecule has 1 aromatic rings. The lowest BCUT2D eigenvalue weighted by molar-refractivity contribution is -0.152. The summed E-state index contributed by atoms with van der Waals surface area (Å²) in [7, 11) is -6.12. The third-order valence-electron chi connectivity index (χ3n) is 4.51. The Morgan fingerprint density at radius 2 is 1.80 bits per heavy atom. The van der Waals surface area contributed by atoms with Crippen LogP contribution >= 0.6 is 11.8 Å². The van der Waals surface area contributed by atoms with E-state index in [2.05, 4.69) is 9.50 Å². The summed E-state index contributed by atoms with van der Waals surface area (Å²) in [6.45, 7) is 4.50. The van der Waals surface area contributed by atoms with Gasteiger partial charge in [-0.05, 0) is 26.3 Å². The second kappa shape index (κ2) is 9.60. The van der Waals surface area contributed by atoms with Crippen LogP contribution in [0.2, 0.25) is 0 Å². The summed E-state index contributed by atoms with van der Waals surface area (Å²) in [4.78, 5) is 38.4. The largest absolute Gasteiger partial charge is 0.534 e. The number of carbonyl (C=O) groups excluding carboxylic acids is 3. The molecule has 3 rings (SSSR count). The second-order valence-electron chi connectivity index (χ2n) is 8.35. The number of nitrogens with zero attached hydrogens (tertiary/aromatic N) is 1. The smallest absolute Gasteiger partial charge is 0.456 e. The average Bonchev–Trinajstić information content (AvgIpc) is 2.74. The highest BCUT2D eigenvalue weighted by Gasteiger charge is 2.57. The summed E-state index contributed by atoms with van der Waals surface area (Å²) in [6.07, 6.45) is -0.921. The van der Waals surface area contributed by atoms with Crippen LogP contribution in [0.4, 0.5) is 18.0 Å². The fourth-order valence-electron chi connectivity index (χ4n) is 3.05. The van der Waals surface area contributed by atoms with Crippen molar-refractivity contribution < 1.29 is 49.6 Å². The molecule has 0 unspecified atom stereocenters. The number of benzene rings is 1. The van der Waals surface area contributed by atoms with E-state index in [-0.39, 0.29) is 6.61 Å². The fourth-order valence-corrected chi connectivity index (χ4v) is 4.88. The van der Waals surface area contributed by atoms with Crippen LogP contribution in [0.5, 0.6) is 0 Å². The highest BCUT2D eigenvalue weighted by molar-refractivity contribution is 8.00. The van der Waals surface area contributed by atoms with E-state index in [9.17, 15) is 36.0 Å². The predicted octanol–water partition coefficient (Wildman–Crippen LogP) is 2.62. The highest BCUT2D eigenvalue weighted by Crippen LogP contribution is 2.42. The Labute approximate surface area is 202 Å². The molecule has 0 aliphatic carbocycles. The highest BCUT2D eigenvalue weighted by atomic mass is 32.2. The number of carbonyl (C=O) groups is 3. The number of halogens is 3. The van der Waals surface area contributed by atoms with Crippen molar-refractivity contribution >= 4 is 39.8 Å². The van der Waals surface area contributed by atoms with Crippen LogP contribution < -0.4 is 5.32 Å². The molecule has 0 radical (unpaired) electrons. The number of ether oxygens (including phenoxy) is 2. The van der Waals surface area contributed by atoms with Crippen molar-refractivity contribution in [3.63, 3.8) is 0 Å². The minimum absolute atomic E-state index is 0.304. The molecular weight excluding hydrogens is 517 g/mol. The average molecular weight is 539 g/mol. The Balaban J connectivity index is 1.87. The first-order valence-corrected chi connectivity index (χ1v) is 12.5. The van der Waals surface area contributed by atoms with Gasteiger partial charge in [-0.25, -0.2) is 9.59 Å². The van der Waals surface area contributed by atoms with Gasteiger partial charge in [-0.1, -0.05) is 30.3 Å². The molecule has 1 N–H and O–H groups in total. The van der Waals surface area contributed by atoms with Crippen LogP contribution in [0, 0.1) is 0 Å². The van der Waals surface area contributed by atoms with Crippen molar-refractivity contribution in [2.24, 2.45) is 0 Å². The molecule has 2 heterocycles. The molecule has 35 heavy (non-hydrogen) atoms. The van der Waals surface area contributed by atoms with Crippen LogP contribution in [0.1, 0.15) is 26.3 Å². The third kappa shape index (κ3) is 6.01. The maximum absolute atomic E-state index is 12.9. The lowest BCUT2D eigenvalue weighted by Crippen LogP contribution is -2.70. The summed E-state index contributed by atoms with van der Waals surface area (Å²) in [5, 5.41) is 1.40. The number of esters is 1. The van der Waals surface area contributed by atoms with Gasteiger partial charge in [0.05, 0.1) is 5.75 Å². The second-order valence-corrected chi connectivity index (χ2v) is 11.0. The number of rotatable bonds is 6. The van der Waals surface area contributed by atoms with Crippen LogP contribution in [0.15, 0.2) is 41.8 Å². The van der Waals surface area contributed by atoms with E-state index < -0.39 is 67.8 Å². The number of amides is 2. The topological polar surface area (TPSA) is 128 Å². The van der Waals surface area contributed by atoms with Gasteiger partial charge in [0.2, 0.25) is 0 Å². The van der Waals surface area contributed by atoms with Crippen molar-refractivity contribution in [3.8, 4) is 0 Å². The Hall–Kier alpha value is -2.94. The zero-order valence-corrected chi connectivity index (χ0v) is 20.3. The number of nitrogens with one attached hydrogen (secondary N) is 1. The van der Waals surface area contributed by atoms with E-state index in [1.165, 1.54) is 0 Å². The molecule has 2 amide bonds. The van der Waals surface area contributed by atoms with E-state index in [0.29, 0.717) is 5.56 Å². The zero-order chi connectivity index (χ0) is 26.2. The van der Waals surface area contributed by atoms with E-state index in [1.807, 2.05) is 0 Å². The molecule has 0 bridgehead atoms. The first-order chi connectivity index (χ1) is 16.1. The normalized spacial score (nSPS) is 20.5. The Morgan fingerprint density at radius 3 is 2.37 bits per heavy atom. The van der Waals surface area contributed by atoms with Gasteiger partial charge in [-0.2, -0.15) is 21.6 Å². The minimum Gasteiger partial charge on any atom is -0.456 e. The van der Waals surface area contributed by atoms with Crippen molar-refractivity contribution in [2.45, 2.75) is 49.9 Å². The van der Waals surface area contributed by atoms with Gasteiger partial charge >= 0.3 is 27.7 Å². The van der Waals surface area contributed by atoms with Gasteiger partial charge < -0.3 is 19.0 Å². The number of alkyl carbamates (subject to hydrolysis) is 1. The van der Waals surface area contributed by atoms with Crippen molar-refractivity contribution in [2.75, 3.05) is 5.75 Å². The number of hydrogen-bond acceptors (Lipinski definition) is 9. The summed E-state index contributed by atoms with van der Waals surface area (Å²) < 4.78 is 76.2. The van der Waals surface area contributed by atoms with E-state index in [0.717, 1.165) is 16.7 Å². The molecular formula is C20H21F3N2O8S2. The van der Waals surface area contributed by atoms with Gasteiger partial charge in [-0.3, -0.25) is 9.69 Å². The first kappa shape index (κ1) is 26.7. The maximum atomic E-state index is 12.9. The standard InChI is InChI=1S/C20H21F3N2O8S2/c1-19(2,3)32-18(28)24-13-15(26)25-14(17(27)31-9-11-7-5-4-6-8-11)12(10-34-16(13)25)33-35(29,30)20(21,22)23/h4-8,13,16H,9-10H2,1-3H3,(H,24,28)/t13-,16-/m1/s1. The molecule has 2 aliphatic heterocycles. The lowest BCUT2D eigenvalue weighted by Gasteiger charge is -2.49. The number of thioether (sulfide) groups is 1. The molecule has 0 spiro atoms. The quantitative estimate of drug-likeness (QED) is 0.252. The predicted molar refractivity (Wildman–Crippen MR) is 116 cm³/mol. The minimum atomic E-state index is -6.12. The Bertz CT molecular complexity index is 1150. The van der Waals surface area contributed by atoms with Gasteiger partial charge in [-0.15, -0.1) is 11.8 Å². The molecule has 10 nitrogen and oxygen atoms in total. The van der Waals surface area contributed by atoms with Gasteiger partial charge in [0, 0.05) is 0 Å². The van der Waals surface area contributed by atoms with Crippen molar-refractivity contribution in [3.05, 3.63) is 47.4 Å². The molecule has 1 saturated heterocycles. The summed E-state index contributed by atoms with van der Waals surface area (Å²) in [5.41, 5.74) is -6.88. The van der Waals surface area contributed by atoms with Crippen LogP contribution in [0.25, 0.3) is 0 Å². The zero-order valence-electron chi connectivity index (χ0n) is 18.6.